The number of amides is 2. The lowest BCUT2D eigenvalue weighted by Crippen LogP contribution is -2.44. The number of urea groups is 1. The van der Waals surface area contributed by atoms with Gasteiger partial charge in [0, 0.05) is 26.7 Å². The summed E-state index contributed by atoms with van der Waals surface area (Å²) in [5.41, 5.74) is 0. The summed E-state index contributed by atoms with van der Waals surface area (Å²) in [6.45, 7) is 5.35. The molecule has 0 saturated carbocycles. The van der Waals surface area contributed by atoms with Crippen molar-refractivity contribution >= 4 is 12.0 Å². The smallest absolute Gasteiger partial charge is 0.317 e. The third kappa shape index (κ3) is 6.11. The molecule has 0 radical (unpaired) electrons. The number of aliphatic carboxylic acids is 1. The van der Waals surface area contributed by atoms with Crippen LogP contribution in [0, 0.1) is 5.92 Å². The molecule has 6 heteroatoms. The van der Waals surface area contributed by atoms with Gasteiger partial charge in [-0.25, -0.2) is 4.79 Å². The summed E-state index contributed by atoms with van der Waals surface area (Å²) in [7, 11) is 1.57. The van der Waals surface area contributed by atoms with Gasteiger partial charge >= 0.3 is 12.0 Å². The molecule has 17 heavy (non-hydrogen) atoms. The van der Waals surface area contributed by atoms with E-state index in [4.69, 9.17) is 9.84 Å². The molecule has 2 amide bonds. The fraction of sp³-hybridized carbons (Fsp3) is 0.818. The standard InChI is InChI=1S/C11H22N2O4/c1-4-9(10(14)15)8-12-11(16)13(5-2)6-7-17-3/h9H,4-8H2,1-3H3,(H,12,16)(H,14,15). The fourth-order valence-corrected chi connectivity index (χ4v) is 1.33. The van der Waals surface area contributed by atoms with Gasteiger partial charge in [0.25, 0.3) is 0 Å². The van der Waals surface area contributed by atoms with E-state index in [0.717, 1.165) is 0 Å². The van der Waals surface area contributed by atoms with Gasteiger partial charge in [-0.05, 0) is 13.3 Å². The van der Waals surface area contributed by atoms with E-state index < -0.39 is 11.9 Å². The lowest BCUT2D eigenvalue weighted by Gasteiger charge is -2.22. The van der Waals surface area contributed by atoms with E-state index in [1.54, 1.807) is 18.9 Å². The molecule has 6 nitrogen and oxygen atoms in total. The molecule has 100 valence electrons. The third-order valence-corrected chi connectivity index (χ3v) is 2.58. The Labute approximate surface area is 102 Å². The highest BCUT2D eigenvalue weighted by Crippen LogP contribution is 2.01. The first kappa shape index (κ1) is 15.7. The van der Waals surface area contributed by atoms with E-state index in [1.165, 1.54) is 0 Å². The highest BCUT2D eigenvalue weighted by Gasteiger charge is 2.17. The van der Waals surface area contributed by atoms with Crippen molar-refractivity contribution in [3.05, 3.63) is 0 Å². The molecule has 1 atom stereocenters. The molecule has 0 bridgehead atoms. The monoisotopic (exact) mass is 246 g/mol. The number of rotatable bonds is 8. The number of nitrogens with zero attached hydrogens (tertiary/aromatic N) is 1. The van der Waals surface area contributed by atoms with Crippen molar-refractivity contribution in [2.24, 2.45) is 5.92 Å². The number of hydrogen-bond acceptors (Lipinski definition) is 3. The molecule has 1 unspecified atom stereocenters. The van der Waals surface area contributed by atoms with E-state index >= 15 is 0 Å². The van der Waals surface area contributed by atoms with Gasteiger partial charge < -0.3 is 20.1 Å². The molecule has 0 rings (SSSR count). The molecule has 0 aliphatic heterocycles. The molecule has 0 fully saturated rings. The SMILES string of the molecule is CCC(CNC(=O)N(CC)CCOC)C(=O)O. The fourth-order valence-electron chi connectivity index (χ4n) is 1.33. The maximum atomic E-state index is 11.7. The predicted molar refractivity (Wildman–Crippen MR) is 63.9 cm³/mol. The number of ether oxygens (including phenoxy) is 1. The summed E-state index contributed by atoms with van der Waals surface area (Å²) in [6, 6.07) is -0.246. The van der Waals surface area contributed by atoms with Gasteiger partial charge in [-0.1, -0.05) is 6.92 Å². The Morgan fingerprint density at radius 2 is 2.06 bits per heavy atom. The number of likely N-dealkylation sites (N-methyl/N-ethyl adjacent to an activating group) is 1. The summed E-state index contributed by atoms with van der Waals surface area (Å²) < 4.78 is 4.89. The van der Waals surface area contributed by atoms with Crippen LogP contribution in [0.25, 0.3) is 0 Å². The second kappa shape index (κ2) is 8.81. The van der Waals surface area contributed by atoms with Gasteiger partial charge in [0.1, 0.15) is 0 Å². The van der Waals surface area contributed by atoms with E-state index in [-0.39, 0.29) is 12.6 Å². The Kier molecular flexibility index (Phi) is 8.13. The maximum absolute atomic E-state index is 11.7. The van der Waals surface area contributed by atoms with Gasteiger partial charge in [-0.3, -0.25) is 4.79 Å². The van der Waals surface area contributed by atoms with E-state index in [2.05, 4.69) is 5.32 Å². The Hall–Kier alpha value is -1.30. The quantitative estimate of drug-likeness (QED) is 0.663. The zero-order valence-corrected chi connectivity index (χ0v) is 10.7. The lowest BCUT2D eigenvalue weighted by molar-refractivity contribution is -0.141. The highest BCUT2D eigenvalue weighted by molar-refractivity contribution is 5.76. The molecule has 0 spiro atoms. The van der Waals surface area contributed by atoms with Crippen LogP contribution in [0.4, 0.5) is 4.79 Å². The van der Waals surface area contributed by atoms with Crippen LogP contribution in [0.15, 0.2) is 0 Å². The van der Waals surface area contributed by atoms with Crippen molar-refractivity contribution in [3.8, 4) is 0 Å². The number of nitrogens with one attached hydrogen (secondary N) is 1. The summed E-state index contributed by atoms with van der Waals surface area (Å²) >= 11 is 0. The van der Waals surface area contributed by atoms with Gasteiger partial charge in [0.2, 0.25) is 0 Å². The van der Waals surface area contributed by atoms with Crippen LogP contribution >= 0.6 is 0 Å². The second-order valence-corrected chi connectivity index (χ2v) is 3.70. The van der Waals surface area contributed by atoms with E-state index in [9.17, 15) is 9.59 Å². The zero-order valence-electron chi connectivity index (χ0n) is 10.7. The molecule has 0 saturated heterocycles. The first-order chi connectivity index (χ1) is 8.06. The summed E-state index contributed by atoms with van der Waals surface area (Å²) in [5, 5.41) is 11.5. The van der Waals surface area contributed by atoms with Gasteiger partial charge in [0.05, 0.1) is 12.5 Å². The minimum atomic E-state index is -0.882. The molecule has 0 aromatic heterocycles. The van der Waals surface area contributed by atoms with Crippen molar-refractivity contribution in [1.29, 1.82) is 0 Å². The van der Waals surface area contributed by atoms with E-state index in [1.807, 2.05) is 6.92 Å². The number of carbonyl (C=O) groups excluding carboxylic acids is 1. The number of carboxylic acid groups (broad SMARTS) is 1. The van der Waals surface area contributed by atoms with E-state index in [0.29, 0.717) is 26.1 Å². The van der Waals surface area contributed by atoms with Crippen LogP contribution in [0.5, 0.6) is 0 Å². The molecule has 0 aromatic carbocycles. The van der Waals surface area contributed by atoms with Crippen molar-refractivity contribution < 1.29 is 19.4 Å². The average molecular weight is 246 g/mol. The topological polar surface area (TPSA) is 78.9 Å². The third-order valence-electron chi connectivity index (χ3n) is 2.58. The number of carbonyl (C=O) groups is 2. The van der Waals surface area contributed by atoms with Crippen LogP contribution in [-0.4, -0.2) is 55.4 Å². The van der Waals surface area contributed by atoms with Gasteiger partial charge in [0.15, 0.2) is 0 Å². The number of carboxylic acids is 1. The van der Waals surface area contributed by atoms with Crippen molar-refractivity contribution in [1.82, 2.24) is 10.2 Å². The zero-order chi connectivity index (χ0) is 13.3. The number of methoxy groups -OCH3 is 1. The molecule has 2 N–H and O–H groups in total. The largest absolute Gasteiger partial charge is 0.481 e. The van der Waals surface area contributed by atoms with Crippen LogP contribution in [0.2, 0.25) is 0 Å². The Balaban J connectivity index is 4.08. The average Bonchev–Trinajstić information content (AvgIpc) is 2.30. The normalized spacial score (nSPS) is 11.9. The van der Waals surface area contributed by atoms with Crippen LogP contribution in [-0.2, 0) is 9.53 Å². The Morgan fingerprint density at radius 1 is 1.41 bits per heavy atom. The molecule has 0 aromatic rings. The molecular weight excluding hydrogens is 224 g/mol. The van der Waals surface area contributed by atoms with Crippen LogP contribution < -0.4 is 5.32 Å². The minimum absolute atomic E-state index is 0.161. The summed E-state index contributed by atoms with van der Waals surface area (Å²) in [6.07, 6.45) is 0.500. The van der Waals surface area contributed by atoms with Crippen LogP contribution in [0.3, 0.4) is 0 Å². The molecule has 0 aliphatic carbocycles. The molecular formula is C11H22N2O4. The Bertz CT molecular complexity index is 246. The Morgan fingerprint density at radius 3 is 2.47 bits per heavy atom. The first-order valence-corrected chi connectivity index (χ1v) is 5.81. The summed E-state index contributed by atoms with van der Waals surface area (Å²) in [5.74, 6) is -1.41. The van der Waals surface area contributed by atoms with Crippen molar-refractivity contribution in [2.75, 3.05) is 33.4 Å². The van der Waals surface area contributed by atoms with Crippen molar-refractivity contribution in [2.45, 2.75) is 20.3 Å². The second-order valence-electron chi connectivity index (χ2n) is 3.70. The predicted octanol–water partition coefficient (Wildman–Crippen LogP) is 0.775. The molecule has 0 heterocycles. The maximum Gasteiger partial charge on any atom is 0.317 e. The minimum Gasteiger partial charge on any atom is -0.481 e. The number of hydrogen-bond donors (Lipinski definition) is 2. The van der Waals surface area contributed by atoms with Gasteiger partial charge in [-0.15, -0.1) is 0 Å². The van der Waals surface area contributed by atoms with Gasteiger partial charge in [-0.2, -0.15) is 0 Å². The molecule has 0 aliphatic rings. The first-order valence-electron chi connectivity index (χ1n) is 5.81. The lowest BCUT2D eigenvalue weighted by atomic mass is 10.1. The summed E-state index contributed by atoms with van der Waals surface area (Å²) in [4.78, 5) is 24.0. The highest BCUT2D eigenvalue weighted by atomic mass is 16.5. The van der Waals surface area contributed by atoms with Crippen molar-refractivity contribution in [3.63, 3.8) is 0 Å². The van der Waals surface area contributed by atoms with Crippen LogP contribution in [0.1, 0.15) is 20.3 Å².